The Morgan fingerprint density at radius 1 is 0.667 bits per heavy atom. The number of rotatable bonds is 9. The molecule has 0 bridgehead atoms. The zero-order valence-electron chi connectivity index (χ0n) is 18.5. The van der Waals surface area contributed by atoms with E-state index in [0.29, 0.717) is 10.2 Å². The van der Waals surface area contributed by atoms with Crippen molar-refractivity contribution in [2.45, 2.75) is 52.4 Å². The summed E-state index contributed by atoms with van der Waals surface area (Å²) in [5.74, 6) is 0. The number of nitrogens with one attached hydrogen (secondary N) is 4. The first-order valence-electron chi connectivity index (χ1n) is 11.2. The summed E-state index contributed by atoms with van der Waals surface area (Å²) in [6.45, 7) is 12.2. The Bertz CT molecular complexity index is 544. The van der Waals surface area contributed by atoms with E-state index in [1.165, 1.54) is 64.7 Å². The Morgan fingerprint density at radius 2 is 1.03 bits per heavy atom. The molecular weight excluding hydrogens is 416 g/mol. The van der Waals surface area contributed by atoms with E-state index in [9.17, 15) is 0 Å². The second kappa shape index (κ2) is 14.6. The first-order chi connectivity index (χ1) is 14.5. The van der Waals surface area contributed by atoms with Gasteiger partial charge in [-0.1, -0.05) is 12.8 Å². The number of thiocarbonyl (C=S) groups is 2. The molecule has 0 unspecified atom stereocenters. The van der Waals surface area contributed by atoms with Gasteiger partial charge < -0.3 is 20.4 Å². The first kappa shape index (κ1) is 24.9. The van der Waals surface area contributed by atoms with Crippen molar-refractivity contribution in [3.05, 3.63) is 0 Å². The van der Waals surface area contributed by atoms with Crippen molar-refractivity contribution in [3.8, 4) is 0 Å². The van der Waals surface area contributed by atoms with Crippen LogP contribution in [0.25, 0.3) is 0 Å². The maximum Gasteiger partial charge on any atom is 0.187 e. The molecule has 0 aliphatic carbocycles. The van der Waals surface area contributed by atoms with Gasteiger partial charge in [0.15, 0.2) is 10.2 Å². The second-order valence-electron chi connectivity index (χ2n) is 7.93. The Kier molecular flexibility index (Phi) is 12.1. The van der Waals surface area contributed by atoms with Gasteiger partial charge in [0.25, 0.3) is 0 Å². The van der Waals surface area contributed by atoms with Crippen LogP contribution in [0.1, 0.15) is 52.4 Å². The lowest BCUT2D eigenvalue weighted by atomic mass is 10.1. The summed E-state index contributed by atoms with van der Waals surface area (Å²) >= 11 is 10.6. The largest absolute Gasteiger partial charge is 0.360 e. The number of hydrazone groups is 2. The highest BCUT2D eigenvalue weighted by atomic mass is 32.1. The molecule has 170 valence electrons. The van der Waals surface area contributed by atoms with E-state index in [1.807, 2.05) is 13.8 Å². The first-order valence-corrected chi connectivity index (χ1v) is 12.0. The predicted molar refractivity (Wildman–Crippen MR) is 134 cm³/mol. The lowest BCUT2D eigenvalue weighted by Crippen LogP contribution is -2.41. The van der Waals surface area contributed by atoms with E-state index >= 15 is 0 Å². The third-order valence-electron chi connectivity index (χ3n) is 5.50. The predicted octanol–water partition coefficient (Wildman–Crippen LogP) is 1.64. The number of nitrogens with zero attached hydrogens (tertiary/aromatic N) is 4. The van der Waals surface area contributed by atoms with Crippen LogP contribution >= 0.6 is 24.4 Å². The molecule has 0 aromatic heterocycles. The van der Waals surface area contributed by atoms with Gasteiger partial charge in [-0.3, -0.25) is 10.9 Å². The van der Waals surface area contributed by atoms with E-state index in [-0.39, 0.29) is 0 Å². The molecule has 0 radical (unpaired) electrons. The topological polar surface area (TPSA) is 79.3 Å². The highest BCUT2D eigenvalue weighted by Gasteiger charge is 2.10. The summed E-state index contributed by atoms with van der Waals surface area (Å²) in [6, 6.07) is 0. The number of likely N-dealkylation sites (tertiary alicyclic amines) is 2. The standard InChI is InChI=1S/C20H38N8S2/c1-17(23-25-19(29)21-9-15-27-11-5-3-6-12-27)18(2)24-26-20(30)22-10-16-28-13-7-4-8-14-28/h3-16H2,1-2H3,(H2,21,25,29)(H2,22,26,30)/b23-17+,24-18+. The van der Waals surface area contributed by atoms with Gasteiger partial charge in [0.1, 0.15) is 0 Å². The molecule has 2 fully saturated rings. The van der Waals surface area contributed by atoms with E-state index in [2.05, 4.69) is 41.5 Å². The Labute approximate surface area is 192 Å². The zero-order valence-corrected chi connectivity index (χ0v) is 20.1. The molecular formula is C20H38N8S2. The molecule has 4 N–H and O–H groups in total. The smallest absolute Gasteiger partial charge is 0.187 e. The zero-order chi connectivity index (χ0) is 21.6. The van der Waals surface area contributed by atoms with Crippen LogP contribution in [0.5, 0.6) is 0 Å². The number of piperidine rings is 2. The van der Waals surface area contributed by atoms with Gasteiger partial charge in [-0.05, 0) is 90.1 Å². The Balaban J connectivity index is 1.58. The van der Waals surface area contributed by atoms with Gasteiger partial charge in [0.2, 0.25) is 0 Å². The molecule has 10 heteroatoms. The summed E-state index contributed by atoms with van der Waals surface area (Å²) < 4.78 is 0. The summed E-state index contributed by atoms with van der Waals surface area (Å²) in [5, 5.41) is 16.1. The van der Waals surface area contributed by atoms with Crippen LogP contribution in [0, 0.1) is 0 Å². The molecule has 2 saturated heterocycles. The molecule has 2 aliphatic heterocycles. The highest BCUT2D eigenvalue weighted by Crippen LogP contribution is 2.07. The molecule has 0 aromatic carbocycles. The molecule has 0 aromatic rings. The monoisotopic (exact) mass is 454 g/mol. The SMILES string of the molecule is CC(=N\NC(=S)NCCN1CCCCC1)/C(C)=N/NC(=S)NCCN1CCCCC1. The third kappa shape index (κ3) is 10.6. The van der Waals surface area contributed by atoms with Gasteiger partial charge in [0.05, 0.1) is 11.4 Å². The molecule has 2 rings (SSSR count). The van der Waals surface area contributed by atoms with Crippen LogP contribution in [0.2, 0.25) is 0 Å². The van der Waals surface area contributed by atoms with Crippen LogP contribution < -0.4 is 21.5 Å². The number of hydrogen-bond acceptors (Lipinski definition) is 6. The van der Waals surface area contributed by atoms with E-state index < -0.39 is 0 Å². The summed E-state index contributed by atoms with van der Waals surface area (Å²) in [5.41, 5.74) is 7.27. The van der Waals surface area contributed by atoms with Gasteiger partial charge in [-0.15, -0.1) is 0 Å². The molecule has 2 heterocycles. The molecule has 0 amide bonds. The van der Waals surface area contributed by atoms with Crippen molar-refractivity contribution >= 4 is 46.1 Å². The fourth-order valence-electron chi connectivity index (χ4n) is 3.53. The minimum Gasteiger partial charge on any atom is -0.360 e. The van der Waals surface area contributed by atoms with Crippen LogP contribution in [0.3, 0.4) is 0 Å². The lowest BCUT2D eigenvalue weighted by molar-refractivity contribution is 0.232. The van der Waals surface area contributed by atoms with Crippen molar-refractivity contribution in [1.82, 2.24) is 31.3 Å². The van der Waals surface area contributed by atoms with Crippen molar-refractivity contribution in [2.24, 2.45) is 10.2 Å². The van der Waals surface area contributed by atoms with Gasteiger partial charge >= 0.3 is 0 Å². The Hall–Kier alpha value is -1.36. The minimum absolute atomic E-state index is 0.530. The molecule has 0 spiro atoms. The quantitative estimate of drug-likeness (QED) is 0.238. The fraction of sp³-hybridized carbons (Fsp3) is 0.800. The summed E-state index contributed by atoms with van der Waals surface area (Å²) in [4.78, 5) is 4.94. The van der Waals surface area contributed by atoms with Crippen LogP contribution in [0.4, 0.5) is 0 Å². The normalized spacial score (nSPS) is 19.3. The Morgan fingerprint density at radius 3 is 1.40 bits per heavy atom. The molecule has 30 heavy (non-hydrogen) atoms. The van der Waals surface area contributed by atoms with E-state index in [1.54, 1.807) is 0 Å². The molecule has 0 atom stereocenters. The van der Waals surface area contributed by atoms with E-state index in [0.717, 1.165) is 37.6 Å². The van der Waals surface area contributed by atoms with Crippen LogP contribution in [0.15, 0.2) is 10.2 Å². The summed E-state index contributed by atoms with van der Waals surface area (Å²) in [6.07, 6.45) is 7.92. The highest BCUT2D eigenvalue weighted by molar-refractivity contribution is 7.80. The maximum atomic E-state index is 5.30. The van der Waals surface area contributed by atoms with Crippen molar-refractivity contribution < 1.29 is 0 Å². The molecule has 2 aliphatic rings. The van der Waals surface area contributed by atoms with E-state index in [4.69, 9.17) is 24.4 Å². The van der Waals surface area contributed by atoms with Gasteiger partial charge in [0, 0.05) is 26.2 Å². The van der Waals surface area contributed by atoms with Gasteiger partial charge in [-0.25, -0.2) is 0 Å². The molecule has 8 nitrogen and oxygen atoms in total. The maximum absolute atomic E-state index is 5.30. The summed E-state index contributed by atoms with van der Waals surface area (Å²) in [7, 11) is 0. The average Bonchev–Trinajstić information content (AvgIpc) is 2.77. The minimum atomic E-state index is 0.530. The third-order valence-corrected chi connectivity index (χ3v) is 5.97. The van der Waals surface area contributed by atoms with Crippen LogP contribution in [-0.4, -0.2) is 83.8 Å². The molecule has 0 saturated carbocycles. The van der Waals surface area contributed by atoms with Crippen LogP contribution in [-0.2, 0) is 0 Å². The fourth-order valence-corrected chi connectivity index (χ4v) is 3.83. The van der Waals surface area contributed by atoms with Crippen molar-refractivity contribution in [2.75, 3.05) is 52.4 Å². The average molecular weight is 455 g/mol. The second-order valence-corrected chi connectivity index (χ2v) is 8.75. The lowest BCUT2D eigenvalue weighted by Gasteiger charge is -2.26. The van der Waals surface area contributed by atoms with Crippen molar-refractivity contribution in [3.63, 3.8) is 0 Å². The number of hydrogen-bond donors (Lipinski definition) is 4. The van der Waals surface area contributed by atoms with Crippen molar-refractivity contribution in [1.29, 1.82) is 0 Å². The van der Waals surface area contributed by atoms with Gasteiger partial charge in [-0.2, -0.15) is 10.2 Å².